The molecule has 0 aliphatic heterocycles. The Morgan fingerprint density at radius 2 is 1.96 bits per heavy atom. The summed E-state index contributed by atoms with van der Waals surface area (Å²) in [6, 6.07) is 14.1. The highest BCUT2D eigenvalue weighted by atomic mass is 16.2. The van der Waals surface area contributed by atoms with Crippen LogP contribution in [0.2, 0.25) is 0 Å². The lowest BCUT2D eigenvalue weighted by Gasteiger charge is -2.10. The van der Waals surface area contributed by atoms with E-state index >= 15 is 0 Å². The largest absolute Gasteiger partial charge is 0.338 e. The van der Waals surface area contributed by atoms with E-state index in [0.717, 1.165) is 29.3 Å². The molecular formula is C21H23N3O. The Kier molecular flexibility index (Phi) is 5.29. The molecule has 0 bridgehead atoms. The van der Waals surface area contributed by atoms with Crippen molar-refractivity contribution in [3.8, 4) is 0 Å². The third kappa shape index (κ3) is 4.35. The molecule has 0 aliphatic carbocycles. The molecule has 25 heavy (non-hydrogen) atoms. The van der Waals surface area contributed by atoms with Crippen LogP contribution < -0.4 is 10.6 Å². The summed E-state index contributed by atoms with van der Waals surface area (Å²) in [5.41, 5.74) is 4.73. The number of anilines is 1. The van der Waals surface area contributed by atoms with Crippen molar-refractivity contribution in [1.82, 2.24) is 10.3 Å². The molecule has 4 heteroatoms. The van der Waals surface area contributed by atoms with Gasteiger partial charge in [-0.25, -0.2) is 4.79 Å². The highest BCUT2D eigenvalue weighted by Crippen LogP contribution is 2.21. The summed E-state index contributed by atoms with van der Waals surface area (Å²) < 4.78 is 0. The molecule has 3 aromatic rings. The zero-order valence-corrected chi connectivity index (χ0v) is 14.7. The van der Waals surface area contributed by atoms with Gasteiger partial charge >= 0.3 is 6.03 Å². The van der Waals surface area contributed by atoms with Crippen LogP contribution in [0, 0.1) is 13.8 Å². The van der Waals surface area contributed by atoms with Gasteiger partial charge in [0.1, 0.15) is 0 Å². The molecule has 1 aromatic heterocycles. The van der Waals surface area contributed by atoms with Gasteiger partial charge in [-0.3, -0.25) is 4.98 Å². The lowest BCUT2D eigenvalue weighted by atomic mass is 10.0. The summed E-state index contributed by atoms with van der Waals surface area (Å²) in [6.07, 6.45) is 5.40. The van der Waals surface area contributed by atoms with Crippen LogP contribution in [0.4, 0.5) is 10.5 Å². The summed E-state index contributed by atoms with van der Waals surface area (Å²) in [6.45, 7) is 4.89. The maximum atomic E-state index is 12.1. The Bertz CT molecular complexity index is 884. The molecule has 0 unspecified atom stereocenters. The average Bonchev–Trinajstić information content (AvgIpc) is 2.62. The molecule has 2 aromatic carbocycles. The minimum absolute atomic E-state index is 0.176. The van der Waals surface area contributed by atoms with E-state index in [-0.39, 0.29) is 6.03 Å². The molecule has 0 aliphatic rings. The van der Waals surface area contributed by atoms with Crippen LogP contribution in [0.15, 0.2) is 54.9 Å². The SMILES string of the molecule is Cc1ccc(CCCNC(=O)Nc2cccc3cnccc23)cc1C. The Morgan fingerprint density at radius 1 is 1.08 bits per heavy atom. The van der Waals surface area contributed by atoms with Gasteiger partial charge in [-0.05, 0) is 55.5 Å². The monoisotopic (exact) mass is 333 g/mol. The van der Waals surface area contributed by atoms with E-state index in [9.17, 15) is 4.79 Å². The van der Waals surface area contributed by atoms with Crippen LogP contribution in [0.5, 0.6) is 0 Å². The predicted molar refractivity (Wildman–Crippen MR) is 103 cm³/mol. The standard InChI is InChI=1S/C21H23N3O/c1-15-8-9-17(13-16(15)2)5-4-11-23-21(25)24-20-7-3-6-18-14-22-12-10-19(18)20/h3,6-10,12-14H,4-5,11H2,1-2H3,(H2,23,24,25). The summed E-state index contributed by atoms with van der Waals surface area (Å²) in [5.74, 6) is 0. The van der Waals surface area contributed by atoms with Crippen molar-refractivity contribution in [2.75, 3.05) is 11.9 Å². The number of pyridine rings is 1. The number of aromatic nitrogens is 1. The summed E-state index contributed by atoms with van der Waals surface area (Å²) in [5, 5.41) is 7.85. The normalized spacial score (nSPS) is 10.6. The molecular weight excluding hydrogens is 310 g/mol. The maximum Gasteiger partial charge on any atom is 0.319 e. The van der Waals surface area contributed by atoms with Crippen molar-refractivity contribution in [1.29, 1.82) is 0 Å². The Balaban J connectivity index is 1.50. The quantitative estimate of drug-likeness (QED) is 0.670. The van der Waals surface area contributed by atoms with Crippen LogP contribution in [0.25, 0.3) is 10.8 Å². The number of amides is 2. The van der Waals surface area contributed by atoms with Gasteiger partial charge in [0.15, 0.2) is 0 Å². The molecule has 0 saturated carbocycles. The van der Waals surface area contributed by atoms with Gasteiger partial charge in [-0.1, -0.05) is 30.3 Å². The van der Waals surface area contributed by atoms with E-state index in [0.29, 0.717) is 6.54 Å². The second kappa shape index (κ2) is 7.79. The number of hydrogen-bond donors (Lipinski definition) is 2. The molecule has 0 saturated heterocycles. The third-order valence-electron chi connectivity index (χ3n) is 4.43. The average molecular weight is 333 g/mol. The number of nitrogens with one attached hydrogen (secondary N) is 2. The number of nitrogens with zero attached hydrogens (tertiary/aromatic N) is 1. The van der Waals surface area contributed by atoms with Crippen molar-refractivity contribution in [3.63, 3.8) is 0 Å². The summed E-state index contributed by atoms with van der Waals surface area (Å²) >= 11 is 0. The fourth-order valence-electron chi connectivity index (χ4n) is 2.85. The van der Waals surface area contributed by atoms with Gasteiger partial charge in [0, 0.05) is 29.7 Å². The summed E-state index contributed by atoms with van der Waals surface area (Å²) in [4.78, 5) is 16.2. The Hall–Kier alpha value is -2.88. The Morgan fingerprint density at radius 3 is 2.80 bits per heavy atom. The highest BCUT2D eigenvalue weighted by molar-refractivity contribution is 6.01. The van der Waals surface area contributed by atoms with Crippen LogP contribution >= 0.6 is 0 Å². The highest BCUT2D eigenvalue weighted by Gasteiger charge is 2.05. The number of aryl methyl sites for hydroxylation is 3. The zero-order chi connectivity index (χ0) is 17.6. The fraction of sp³-hybridized carbons (Fsp3) is 0.238. The number of fused-ring (bicyclic) bond motifs is 1. The number of urea groups is 1. The molecule has 0 atom stereocenters. The second-order valence-corrected chi connectivity index (χ2v) is 6.31. The number of rotatable bonds is 5. The third-order valence-corrected chi connectivity index (χ3v) is 4.43. The van der Waals surface area contributed by atoms with Crippen LogP contribution in [0.1, 0.15) is 23.1 Å². The first-order valence-electron chi connectivity index (χ1n) is 8.57. The van der Waals surface area contributed by atoms with Gasteiger partial charge in [0.25, 0.3) is 0 Å². The smallest absolute Gasteiger partial charge is 0.319 e. The van der Waals surface area contributed by atoms with Crippen molar-refractivity contribution in [2.24, 2.45) is 0 Å². The minimum Gasteiger partial charge on any atom is -0.338 e. The molecule has 0 spiro atoms. The van der Waals surface area contributed by atoms with Gasteiger partial charge in [0.2, 0.25) is 0 Å². The van der Waals surface area contributed by atoms with Crippen LogP contribution in [-0.2, 0) is 6.42 Å². The number of carbonyl (C=O) groups is 1. The Labute approximate surface area is 148 Å². The molecule has 4 nitrogen and oxygen atoms in total. The van der Waals surface area contributed by atoms with Crippen molar-refractivity contribution in [2.45, 2.75) is 26.7 Å². The first-order valence-corrected chi connectivity index (χ1v) is 8.57. The molecule has 0 radical (unpaired) electrons. The fourth-order valence-corrected chi connectivity index (χ4v) is 2.85. The van der Waals surface area contributed by atoms with Crippen LogP contribution in [0.3, 0.4) is 0 Å². The molecule has 1 heterocycles. The molecule has 2 amide bonds. The zero-order valence-electron chi connectivity index (χ0n) is 14.7. The summed E-state index contributed by atoms with van der Waals surface area (Å²) in [7, 11) is 0. The second-order valence-electron chi connectivity index (χ2n) is 6.31. The minimum atomic E-state index is -0.176. The first-order chi connectivity index (χ1) is 12.1. The molecule has 3 rings (SSSR count). The predicted octanol–water partition coefficient (Wildman–Crippen LogP) is 4.61. The van der Waals surface area contributed by atoms with E-state index < -0.39 is 0 Å². The molecule has 128 valence electrons. The molecule has 2 N–H and O–H groups in total. The van der Waals surface area contributed by atoms with Crippen LogP contribution in [-0.4, -0.2) is 17.6 Å². The number of benzene rings is 2. The number of hydrogen-bond acceptors (Lipinski definition) is 2. The van der Waals surface area contributed by atoms with E-state index in [2.05, 4.69) is 47.7 Å². The van der Waals surface area contributed by atoms with E-state index in [1.807, 2.05) is 24.3 Å². The molecule has 0 fully saturated rings. The topological polar surface area (TPSA) is 54.0 Å². The number of carbonyl (C=O) groups excluding carboxylic acids is 1. The van der Waals surface area contributed by atoms with Gasteiger partial charge in [-0.15, -0.1) is 0 Å². The first kappa shape index (κ1) is 17.0. The van der Waals surface area contributed by atoms with Crippen molar-refractivity contribution in [3.05, 3.63) is 71.5 Å². The lowest BCUT2D eigenvalue weighted by molar-refractivity contribution is 0.252. The van der Waals surface area contributed by atoms with Gasteiger partial charge in [-0.2, -0.15) is 0 Å². The van der Waals surface area contributed by atoms with Crippen molar-refractivity contribution >= 4 is 22.5 Å². The van der Waals surface area contributed by atoms with E-state index in [1.165, 1.54) is 16.7 Å². The van der Waals surface area contributed by atoms with Crippen molar-refractivity contribution < 1.29 is 4.79 Å². The van der Waals surface area contributed by atoms with Gasteiger partial charge < -0.3 is 10.6 Å². The lowest BCUT2D eigenvalue weighted by Crippen LogP contribution is -2.29. The van der Waals surface area contributed by atoms with E-state index in [1.54, 1.807) is 12.4 Å². The maximum absolute atomic E-state index is 12.1. The van der Waals surface area contributed by atoms with E-state index in [4.69, 9.17) is 0 Å². The van der Waals surface area contributed by atoms with Gasteiger partial charge in [0.05, 0.1) is 5.69 Å².